The fourth-order valence-corrected chi connectivity index (χ4v) is 0.471. The van der Waals surface area contributed by atoms with Gasteiger partial charge < -0.3 is 24.8 Å². The Balaban J connectivity index is 4.02. The molecule has 0 aliphatic rings. The average molecular weight is 152 g/mol. The molecule has 0 aliphatic carbocycles. The van der Waals surface area contributed by atoms with Gasteiger partial charge in [-0.15, -0.1) is 0 Å². The summed E-state index contributed by atoms with van der Waals surface area (Å²) in [6.07, 6.45) is -1.46. The normalized spacial score (nSPS) is 15.3. The first-order valence-electron chi connectivity index (χ1n) is 2.72. The van der Waals surface area contributed by atoms with Crippen molar-refractivity contribution in [2.75, 3.05) is 20.8 Å². The summed E-state index contributed by atoms with van der Waals surface area (Å²) in [5.74, 6) is -2.10. The molecule has 0 aromatic carbocycles. The molecule has 0 aromatic heterocycles. The van der Waals surface area contributed by atoms with Crippen molar-refractivity contribution < 1.29 is 24.8 Å². The molecule has 1 unspecified atom stereocenters. The van der Waals surface area contributed by atoms with E-state index < -0.39 is 18.7 Å². The van der Waals surface area contributed by atoms with Crippen molar-refractivity contribution >= 4 is 0 Å². The molecule has 0 heterocycles. The van der Waals surface area contributed by atoms with Gasteiger partial charge in [0.15, 0.2) is 6.10 Å². The van der Waals surface area contributed by atoms with Gasteiger partial charge in [0.1, 0.15) is 0 Å². The van der Waals surface area contributed by atoms with Gasteiger partial charge >= 0.3 is 5.97 Å². The zero-order chi connectivity index (χ0) is 8.20. The lowest BCUT2D eigenvalue weighted by atomic mass is 10.3. The zero-order valence-corrected chi connectivity index (χ0v) is 5.94. The molecule has 0 bridgehead atoms. The number of hydrogen-bond acceptors (Lipinski definition) is 5. The molecule has 0 aromatic rings. The van der Waals surface area contributed by atoms with Crippen molar-refractivity contribution in [1.82, 2.24) is 0 Å². The Bertz CT molecular complexity index is 90.0. The Hall–Kier alpha value is -0.200. The lowest BCUT2D eigenvalue weighted by molar-refractivity contribution is -0.380. The highest BCUT2D eigenvalue weighted by Gasteiger charge is 2.35. The number of hydrogen-bond donors (Lipinski definition) is 3. The number of methoxy groups -OCH3 is 2. The third-order valence-electron chi connectivity index (χ3n) is 1.18. The van der Waals surface area contributed by atoms with E-state index in [9.17, 15) is 0 Å². The molecule has 0 radical (unpaired) electrons. The molecule has 3 N–H and O–H groups in total. The maximum Gasteiger partial charge on any atom is 0.309 e. The van der Waals surface area contributed by atoms with Crippen molar-refractivity contribution in [3.63, 3.8) is 0 Å². The van der Waals surface area contributed by atoms with Gasteiger partial charge in [0.05, 0.1) is 6.61 Å². The van der Waals surface area contributed by atoms with Crippen molar-refractivity contribution in [3.05, 3.63) is 0 Å². The number of aliphatic hydroxyl groups excluding tert-OH is 2. The number of aliphatic hydroxyl groups is 3. The molecule has 0 saturated heterocycles. The van der Waals surface area contributed by atoms with E-state index in [0.29, 0.717) is 0 Å². The van der Waals surface area contributed by atoms with Crippen LogP contribution in [-0.4, -0.2) is 48.2 Å². The first kappa shape index (κ1) is 9.80. The summed E-state index contributed by atoms with van der Waals surface area (Å²) in [5, 5.41) is 26.2. The van der Waals surface area contributed by atoms with Gasteiger partial charge in [-0.1, -0.05) is 0 Å². The Morgan fingerprint density at radius 3 is 1.90 bits per heavy atom. The summed E-state index contributed by atoms with van der Waals surface area (Å²) in [6.45, 7) is -0.627. The highest BCUT2D eigenvalue weighted by Crippen LogP contribution is 2.11. The summed E-state index contributed by atoms with van der Waals surface area (Å²) in [6, 6.07) is 0. The van der Waals surface area contributed by atoms with Crippen molar-refractivity contribution in [2.24, 2.45) is 0 Å². The Morgan fingerprint density at radius 2 is 1.80 bits per heavy atom. The molecule has 0 rings (SSSR count). The number of rotatable bonds is 4. The Labute approximate surface area is 58.8 Å². The van der Waals surface area contributed by atoms with Crippen LogP contribution in [0.15, 0.2) is 0 Å². The summed E-state index contributed by atoms with van der Waals surface area (Å²) < 4.78 is 8.73. The van der Waals surface area contributed by atoms with Crippen LogP contribution in [0, 0.1) is 0 Å². The average Bonchev–Trinajstić information content (AvgIpc) is 2.01. The molecule has 0 saturated carbocycles. The van der Waals surface area contributed by atoms with Gasteiger partial charge in [-0.05, 0) is 0 Å². The second-order valence-corrected chi connectivity index (χ2v) is 1.74. The van der Waals surface area contributed by atoms with E-state index in [4.69, 9.17) is 15.3 Å². The Kier molecular flexibility index (Phi) is 3.77. The van der Waals surface area contributed by atoms with Crippen LogP contribution in [0.25, 0.3) is 0 Å². The Morgan fingerprint density at radius 1 is 1.40 bits per heavy atom. The molecular formula is C5H12O5. The summed E-state index contributed by atoms with van der Waals surface area (Å²) in [4.78, 5) is 0. The molecule has 0 aliphatic heterocycles. The summed E-state index contributed by atoms with van der Waals surface area (Å²) >= 11 is 0. The van der Waals surface area contributed by atoms with E-state index in [0.717, 1.165) is 14.2 Å². The minimum atomic E-state index is -2.10. The molecule has 5 nitrogen and oxygen atoms in total. The van der Waals surface area contributed by atoms with Crippen LogP contribution >= 0.6 is 0 Å². The minimum Gasteiger partial charge on any atom is -0.393 e. The molecule has 0 amide bonds. The molecule has 1 atom stereocenters. The predicted molar refractivity (Wildman–Crippen MR) is 32.1 cm³/mol. The van der Waals surface area contributed by atoms with Gasteiger partial charge in [0, 0.05) is 14.2 Å². The fraction of sp³-hybridized carbons (Fsp3) is 1.00. The van der Waals surface area contributed by atoms with E-state index in [-0.39, 0.29) is 0 Å². The van der Waals surface area contributed by atoms with Crippen molar-refractivity contribution in [1.29, 1.82) is 0 Å². The molecule has 10 heavy (non-hydrogen) atoms. The number of ether oxygens (including phenoxy) is 2. The van der Waals surface area contributed by atoms with Gasteiger partial charge in [0.2, 0.25) is 0 Å². The van der Waals surface area contributed by atoms with Gasteiger partial charge in [-0.3, -0.25) is 0 Å². The largest absolute Gasteiger partial charge is 0.393 e. The van der Waals surface area contributed by atoms with Crippen molar-refractivity contribution in [3.8, 4) is 0 Å². The van der Waals surface area contributed by atoms with Crippen LogP contribution < -0.4 is 0 Å². The third-order valence-corrected chi connectivity index (χ3v) is 1.18. The standard InChI is InChI=1S/C5H12O5/c1-9-5(8,10-2)4(7)3-6/h4,6-8H,3H2,1-2H3. The molecule has 0 fully saturated rings. The van der Waals surface area contributed by atoms with Crippen LogP contribution in [0.5, 0.6) is 0 Å². The van der Waals surface area contributed by atoms with Crippen LogP contribution in [0.2, 0.25) is 0 Å². The topological polar surface area (TPSA) is 79.2 Å². The molecule has 5 heteroatoms. The highest BCUT2D eigenvalue weighted by molar-refractivity contribution is 4.64. The highest BCUT2D eigenvalue weighted by atomic mass is 16.8. The van der Waals surface area contributed by atoms with Gasteiger partial charge in [-0.25, -0.2) is 0 Å². The van der Waals surface area contributed by atoms with Gasteiger partial charge in [-0.2, -0.15) is 0 Å². The summed E-state index contributed by atoms with van der Waals surface area (Å²) in [5.41, 5.74) is 0. The predicted octanol–water partition coefficient (Wildman–Crippen LogP) is -1.72. The first-order valence-corrected chi connectivity index (χ1v) is 2.72. The van der Waals surface area contributed by atoms with E-state index >= 15 is 0 Å². The lowest BCUT2D eigenvalue weighted by Crippen LogP contribution is -2.47. The van der Waals surface area contributed by atoms with Crippen LogP contribution in [0.3, 0.4) is 0 Å². The zero-order valence-electron chi connectivity index (χ0n) is 5.94. The second kappa shape index (κ2) is 3.85. The van der Waals surface area contributed by atoms with Gasteiger partial charge in [0.25, 0.3) is 0 Å². The minimum absolute atomic E-state index is 0.627. The van der Waals surface area contributed by atoms with Crippen LogP contribution in [0.1, 0.15) is 0 Å². The lowest BCUT2D eigenvalue weighted by Gasteiger charge is -2.27. The molecular weight excluding hydrogens is 140 g/mol. The van der Waals surface area contributed by atoms with Crippen LogP contribution in [0.4, 0.5) is 0 Å². The summed E-state index contributed by atoms with van der Waals surface area (Å²) in [7, 11) is 2.31. The van der Waals surface area contributed by atoms with E-state index in [1.807, 2.05) is 0 Å². The van der Waals surface area contributed by atoms with E-state index in [1.165, 1.54) is 0 Å². The SMILES string of the molecule is COC(O)(OC)C(O)CO. The second-order valence-electron chi connectivity index (χ2n) is 1.74. The van der Waals surface area contributed by atoms with E-state index in [1.54, 1.807) is 0 Å². The monoisotopic (exact) mass is 152 g/mol. The van der Waals surface area contributed by atoms with Crippen molar-refractivity contribution in [2.45, 2.75) is 12.1 Å². The third kappa shape index (κ3) is 1.89. The smallest absolute Gasteiger partial charge is 0.309 e. The van der Waals surface area contributed by atoms with Crippen LogP contribution in [-0.2, 0) is 9.47 Å². The quantitative estimate of drug-likeness (QED) is 0.417. The maximum atomic E-state index is 9.04. The maximum absolute atomic E-state index is 9.04. The fourth-order valence-electron chi connectivity index (χ4n) is 0.471. The first-order chi connectivity index (χ1) is 4.60. The van der Waals surface area contributed by atoms with E-state index in [2.05, 4.69) is 9.47 Å². The molecule has 0 spiro atoms. The molecule has 62 valence electrons.